The molecule has 0 fully saturated rings. The Hall–Kier alpha value is -1.98. The Labute approximate surface area is 125 Å². The highest BCUT2D eigenvalue weighted by Gasteiger charge is 2.11. The number of hydrogen-bond donors (Lipinski definition) is 2. The summed E-state index contributed by atoms with van der Waals surface area (Å²) in [4.78, 5) is 0. The van der Waals surface area contributed by atoms with Gasteiger partial charge in [-0.25, -0.2) is 0 Å². The third kappa shape index (κ3) is 4.00. The molecule has 21 heavy (non-hydrogen) atoms. The van der Waals surface area contributed by atoms with Gasteiger partial charge in [-0.2, -0.15) is 0 Å². The molecule has 1 aromatic carbocycles. The number of hydrogen-bond acceptors (Lipinski definition) is 4. The minimum atomic E-state index is -0.616. The molecule has 2 aromatic rings. The predicted molar refractivity (Wildman–Crippen MR) is 81.6 cm³/mol. The van der Waals surface area contributed by atoms with Gasteiger partial charge in [0.1, 0.15) is 11.5 Å². The van der Waals surface area contributed by atoms with Crippen molar-refractivity contribution in [3.05, 3.63) is 47.8 Å². The van der Waals surface area contributed by atoms with Crippen molar-refractivity contribution in [2.24, 2.45) is 7.05 Å². The van der Waals surface area contributed by atoms with Crippen LogP contribution in [0.25, 0.3) is 0 Å². The van der Waals surface area contributed by atoms with E-state index in [0.29, 0.717) is 24.6 Å². The number of aliphatic hydroxyl groups excluding tert-OH is 1. The molecule has 1 heterocycles. The van der Waals surface area contributed by atoms with E-state index in [1.807, 2.05) is 42.1 Å². The van der Waals surface area contributed by atoms with Crippen LogP contribution >= 0.6 is 0 Å². The summed E-state index contributed by atoms with van der Waals surface area (Å²) >= 11 is 0. The summed E-state index contributed by atoms with van der Waals surface area (Å²) in [7, 11) is 5.19. The first-order valence-corrected chi connectivity index (χ1v) is 6.86. The Bertz CT molecular complexity index is 558. The summed E-state index contributed by atoms with van der Waals surface area (Å²) in [6, 6.07) is 9.47. The summed E-state index contributed by atoms with van der Waals surface area (Å²) in [5.74, 6) is 1.34. The van der Waals surface area contributed by atoms with Gasteiger partial charge in [-0.15, -0.1) is 0 Å². The fourth-order valence-electron chi connectivity index (χ4n) is 2.16. The zero-order valence-electron chi connectivity index (χ0n) is 12.7. The molecule has 0 bridgehead atoms. The molecule has 0 aliphatic carbocycles. The van der Waals surface area contributed by atoms with Crippen molar-refractivity contribution in [2.75, 3.05) is 20.8 Å². The third-order valence-corrected chi connectivity index (χ3v) is 3.45. The minimum Gasteiger partial charge on any atom is -0.497 e. The van der Waals surface area contributed by atoms with Gasteiger partial charge in [0.05, 0.1) is 20.3 Å². The van der Waals surface area contributed by atoms with Crippen LogP contribution < -0.4 is 14.8 Å². The molecule has 1 atom stereocenters. The molecule has 0 spiro atoms. The van der Waals surface area contributed by atoms with Crippen LogP contribution in [0.4, 0.5) is 0 Å². The lowest BCUT2D eigenvalue weighted by molar-refractivity contribution is 0.173. The largest absolute Gasteiger partial charge is 0.497 e. The molecule has 0 saturated heterocycles. The standard InChI is InChI=1S/C16H22N2O3/c1-18-6-4-5-13(18)10-17-11-16(19)12-7-14(20-2)9-15(8-12)21-3/h4-9,16-17,19H,10-11H2,1-3H3. The molecular weight excluding hydrogens is 268 g/mol. The Balaban J connectivity index is 1.96. The number of nitrogens with one attached hydrogen (secondary N) is 1. The quantitative estimate of drug-likeness (QED) is 0.817. The lowest BCUT2D eigenvalue weighted by atomic mass is 10.1. The van der Waals surface area contributed by atoms with Crippen molar-refractivity contribution in [3.63, 3.8) is 0 Å². The van der Waals surface area contributed by atoms with Gasteiger partial charge in [-0.1, -0.05) is 0 Å². The van der Waals surface area contributed by atoms with E-state index in [-0.39, 0.29) is 0 Å². The normalized spacial score (nSPS) is 12.2. The van der Waals surface area contributed by atoms with Gasteiger partial charge in [0.2, 0.25) is 0 Å². The maximum atomic E-state index is 10.3. The Morgan fingerprint density at radius 3 is 2.38 bits per heavy atom. The number of nitrogens with zero attached hydrogens (tertiary/aromatic N) is 1. The van der Waals surface area contributed by atoms with E-state index >= 15 is 0 Å². The summed E-state index contributed by atoms with van der Waals surface area (Å²) in [6.07, 6.45) is 1.38. The van der Waals surface area contributed by atoms with Crippen LogP contribution in [0.15, 0.2) is 36.5 Å². The van der Waals surface area contributed by atoms with Gasteiger partial charge in [0.25, 0.3) is 0 Å². The van der Waals surface area contributed by atoms with Crippen LogP contribution in [0.5, 0.6) is 11.5 Å². The topological polar surface area (TPSA) is 55.6 Å². The van der Waals surface area contributed by atoms with E-state index in [0.717, 1.165) is 5.56 Å². The fraction of sp³-hybridized carbons (Fsp3) is 0.375. The number of aliphatic hydroxyl groups is 1. The summed E-state index contributed by atoms with van der Waals surface area (Å²) in [6.45, 7) is 1.17. The van der Waals surface area contributed by atoms with Gasteiger partial charge in [0, 0.05) is 38.1 Å². The van der Waals surface area contributed by atoms with E-state index in [1.54, 1.807) is 20.3 Å². The highest BCUT2D eigenvalue weighted by molar-refractivity contribution is 5.39. The van der Waals surface area contributed by atoms with Gasteiger partial charge >= 0.3 is 0 Å². The molecule has 0 aliphatic rings. The molecule has 2 N–H and O–H groups in total. The zero-order valence-corrected chi connectivity index (χ0v) is 12.7. The van der Waals surface area contributed by atoms with Gasteiger partial charge in [0.15, 0.2) is 0 Å². The average molecular weight is 290 g/mol. The summed E-state index contributed by atoms with van der Waals surface area (Å²) in [5.41, 5.74) is 1.94. The number of rotatable bonds is 7. The van der Waals surface area contributed by atoms with Crippen LogP contribution in [0.3, 0.4) is 0 Å². The minimum absolute atomic E-state index is 0.460. The highest BCUT2D eigenvalue weighted by atomic mass is 16.5. The molecular formula is C16H22N2O3. The van der Waals surface area contributed by atoms with Crippen LogP contribution in [-0.2, 0) is 13.6 Å². The van der Waals surface area contributed by atoms with Crippen LogP contribution in [-0.4, -0.2) is 30.4 Å². The zero-order chi connectivity index (χ0) is 15.2. The number of aryl methyl sites for hydroxylation is 1. The van der Waals surface area contributed by atoms with Gasteiger partial charge in [-0.05, 0) is 29.8 Å². The molecule has 0 amide bonds. The maximum absolute atomic E-state index is 10.3. The molecule has 1 unspecified atom stereocenters. The van der Waals surface area contributed by atoms with Crippen LogP contribution in [0, 0.1) is 0 Å². The second-order valence-electron chi connectivity index (χ2n) is 4.90. The maximum Gasteiger partial charge on any atom is 0.122 e. The molecule has 5 heteroatoms. The molecule has 0 radical (unpaired) electrons. The third-order valence-electron chi connectivity index (χ3n) is 3.45. The molecule has 114 valence electrons. The number of ether oxygens (including phenoxy) is 2. The fourth-order valence-corrected chi connectivity index (χ4v) is 2.16. The van der Waals surface area contributed by atoms with Crippen LogP contribution in [0.1, 0.15) is 17.4 Å². The summed E-state index contributed by atoms with van der Waals surface area (Å²) in [5, 5.41) is 13.5. The lowest BCUT2D eigenvalue weighted by Gasteiger charge is -2.15. The Morgan fingerprint density at radius 1 is 1.19 bits per heavy atom. The Morgan fingerprint density at radius 2 is 1.86 bits per heavy atom. The van der Waals surface area contributed by atoms with Crippen molar-refractivity contribution in [2.45, 2.75) is 12.6 Å². The number of methoxy groups -OCH3 is 2. The van der Waals surface area contributed by atoms with Crippen LogP contribution in [0.2, 0.25) is 0 Å². The average Bonchev–Trinajstić information content (AvgIpc) is 2.92. The molecule has 2 rings (SSSR count). The molecule has 0 aliphatic heterocycles. The second kappa shape index (κ2) is 7.15. The first-order valence-electron chi connectivity index (χ1n) is 6.86. The molecule has 1 aromatic heterocycles. The van der Waals surface area contributed by atoms with Crippen molar-refractivity contribution >= 4 is 0 Å². The SMILES string of the molecule is COc1cc(OC)cc(C(O)CNCc2cccn2C)c1. The van der Waals surface area contributed by atoms with Crippen molar-refractivity contribution in [3.8, 4) is 11.5 Å². The predicted octanol–water partition coefficient (Wildman–Crippen LogP) is 1.87. The Kier molecular flexibility index (Phi) is 5.25. The second-order valence-corrected chi connectivity index (χ2v) is 4.90. The molecule has 5 nitrogen and oxygen atoms in total. The highest BCUT2D eigenvalue weighted by Crippen LogP contribution is 2.26. The van der Waals surface area contributed by atoms with Gasteiger partial charge in [-0.3, -0.25) is 0 Å². The monoisotopic (exact) mass is 290 g/mol. The van der Waals surface area contributed by atoms with E-state index in [4.69, 9.17) is 9.47 Å². The number of aromatic nitrogens is 1. The van der Waals surface area contributed by atoms with E-state index in [1.165, 1.54) is 5.69 Å². The van der Waals surface area contributed by atoms with Crippen molar-refractivity contribution in [1.82, 2.24) is 9.88 Å². The van der Waals surface area contributed by atoms with E-state index < -0.39 is 6.10 Å². The number of benzene rings is 1. The smallest absolute Gasteiger partial charge is 0.122 e. The first-order chi connectivity index (χ1) is 10.1. The van der Waals surface area contributed by atoms with Gasteiger partial charge < -0.3 is 24.5 Å². The van der Waals surface area contributed by atoms with E-state index in [9.17, 15) is 5.11 Å². The first kappa shape index (κ1) is 15.4. The summed E-state index contributed by atoms with van der Waals surface area (Å²) < 4.78 is 12.5. The van der Waals surface area contributed by atoms with Crippen molar-refractivity contribution < 1.29 is 14.6 Å². The lowest BCUT2D eigenvalue weighted by Crippen LogP contribution is -2.22. The van der Waals surface area contributed by atoms with Crippen molar-refractivity contribution in [1.29, 1.82) is 0 Å². The van der Waals surface area contributed by atoms with E-state index in [2.05, 4.69) is 5.32 Å². The molecule has 0 saturated carbocycles.